The Morgan fingerprint density at radius 1 is 1.33 bits per heavy atom. The largest absolute Gasteiger partial charge is 0.337 e. The molecular formula is C17H20N4O3. The highest BCUT2D eigenvalue weighted by Gasteiger charge is 2.39. The molecule has 1 heterocycles. The van der Waals surface area contributed by atoms with Crippen molar-refractivity contribution in [1.29, 1.82) is 5.26 Å². The van der Waals surface area contributed by atoms with E-state index in [0.717, 1.165) is 0 Å². The topological polar surface area (TPSA) is 93.5 Å². The molecule has 1 aliphatic rings. The van der Waals surface area contributed by atoms with Gasteiger partial charge in [0.2, 0.25) is 17.7 Å². The number of carbonyl (C=O) groups excluding carboxylic acids is 3. The second-order valence-corrected chi connectivity index (χ2v) is 5.85. The molecule has 126 valence electrons. The van der Waals surface area contributed by atoms with Gasteiger partial charge in [0.05, 0.1) is 18.5 Å². The first-order valence-corrected chi connectivity index (χ1v) is 7.69. The summed E-state index contributed by atoms with van der Waals surface area (Å²) in [6.07, 6.45) is 0.296. The first-order valence-electron chi connectivity index (χ1n) is 7.69. The molecule has 0 radical (unpaired) electrons. The molecule has 2 unspecified atom stereocenters. The lowest BCUT2D eigenvalue weighted by Crippen LogP contribution is -2.42. The molecule has 2 rings (SSSR count). The van der Waals surface area contributed by atoms with Gasteiger partial charge in [-0.1, -0.05) is 18.2 Å². The summed E-state index contributed by atoms with van der Waals surface area (Å²) in [5, 5.41) is 12.1. The lowest BCUT2D eigenvalue weighted by Gasteiger charge is -2.23. The van der Waals surface area contributed by atoms with Crippen LogP contribution in [0.5, 0.6) is 0 Å². The maximum Gasteiger partial charge on any atom is 0.243 e. The Morgan fingerprint density at radius 2 is 2.00 bits per heavy atom. The number of nitrogens with zero attached hydrogens (tertiary/aromatic N) is 3. The fraction of sp³-hybridized carbons (Fsp3) is 0.412. The number of likely N-dealkylation sites (tertiary alicyclic amines) is 1. The molecule has 1 aromatic rings. The predicted molar refractivity (Wildman–Crippen MR) is 87.6 cm³/mol. The average Bonchev–Trinajstić information content (AvgIpc) is 3.00. The summed E-state index contributed by atoms with van der Waals surface area (Å²) >= 11 is 0. The molecule has 1 fully saturated rings. The van der Waals surface area contributed by atoms with Crippen LogP contribution in [-0.4, -0.2) is 53.7 Å². The van der Waals surface area contributed by atoms with Gasteiger partial charge in [-0.2, -0.15) is 5.26 Å². The third kappa shape index (κ3) is 4.10. The third-order valence-electron chi connectivity index (χ3n) is 4.09. The SMILES string of the molecule is CC(=O)N(C)CC(=O)N1CC(C(=O)Nc2ccccc2)CC1C#N. The van der Waals surface area contributed by atoms with Crippen LogP contribution in [0.1, 0.15) is 13.3 Å². The number of carbonyl (C=O) groups is 3. The highest BCUT2D eigenvalue weighted by molar-refractivity contribution is 5.94. The molecular weight excluding hydrogens is 308 g/mol. The second-order valence-electron chi connectivity index (χ2n) is 5.85. The van der Waals surface area contributed by atoms with Crippen molar-refractivity contribution in [2.24, 2.45) is 5.92 Å². The van der Waals surface area contributed by atoms with Gasteiger partial charge in [-0.25, -0.2) is 0 Å². The van der Waals surface area contributed by atoms with Crippen molar-refractivity contribution >= 4 is 23.4 Å². The van der Waals surface area contributed by atoms with Crippen LogP contribution in [0.15, 0.2) is 30.3 Å². The molecule has 0 aliphatic carbocycles. The first-order chi connectivity index (χ1) is 11.4. The minimum absolute atomic E-state index is 0.0967. The quantitative estimate of drug-likeness (QED) is 0.886. The fourth-order valence-electron chi connectivity index (χ4n) is 2.59. The van der Waals surface area contributed by atoms with Crippen LogP contribution in [0.2, 0.25) is 0 Å². The number of anilines is 1. The molecule has 0 aromatic heterocycles. The van der Waals surface area contributed by atoms with Crippen molar-refractivity contribution < 1.29 is 14.4 Å². The third-order valence-corrected chi connectivity index (χ3v) is 4.09. The van der Waals surface area contributed by atoms with Gasteiger partial charge in [-0.15, -0.1) is 0 Å². The predicted octanol–water partition coefficient (Wildman–Crippen LogP) is 0.844. The Morgan fingerprint density at radius 3 is 2.58 bits per heavy atom. The van der Waals surface area contributed by atoms with Gasteiger partial charge >= 0.3 is 0 Å². The number of amides is 3. The molecule has 3 amide bonds. The van der Waals surface area contributed by atoms with E-state index in [1.165, 1.54) is 23.8 Å². The van der Waals surface area contributed by atoms with Crippen molar-refractivity contribution in [1.82, 2.24) is 9.80 Å². The van der Waals surface area contributed by atoms with E-state index in [-0.39, 0.29) is 30.8 Å². The number of rotatable bonds is 4. The van der Waals surface area contributed by atoms with Crippen LogP contribution in [-0.2, 0) is 14.4 Å². The van der Waals surface area contributed by atoms with Crippen LogP contribution in [0.4, 0.5) is 5.69 Å². The highest BCUT2D eigenvalue weighted by atomic mass is 16.2. The molecule has 1 aliphatic heterocycles. The van der Waals surface area contributed by atoms with E-state index >= 15 is 0 Å². The Balaban J connectivity index is 2.00. The normalized spacial score (nSPS) is 19.5. The van der Waals surface area contributed by atoms with Gasteiger partial charge in [0.1, 0.15) is 6.04 Å². The van der Waals surface area contributed by atoms with Crippen molar-refractivity contribution in [3.8, 4) is 6.07 Å². The monoisotopic (exact) mass is 328 g/mol. The van der Waals surface area contributed by atoms with Gasteiger partial charge < -0.3 is 15.1 Å². The Bertz CT molecular complexity index is 668. The Labute approximate surface area is 140 Å². The van der Waals surface area contributed by atoms with E-state index in [2.05, 4.69) is 11.4 Å². The summed E-state index contributed by atoms with van der Waals surface area (Å²) in [7, 11) is 1.53. The van der Waals surface area contributed by atoms with Crippen LogP contribution < -0.4 is 5.32 Å². The molecule has 1 saturated heterocycles. The fourth-order valence-corrected chi connectivity index (χ4v) is 2.59. The van der Waals surface area contributed by atoms with E-state index in [0.29, 0.717) is 12.1 Å². The summed E-state index contributed by atoms with van der Waals surface area (Å²) in [5.41, 5.74) is 0.678. The van der Waals surface area contributed by atoms with Gasteiger partial charge in [0.25, 0.3) is 0 Å². The summed E-state index contributed by atoms with van der Waals surface area (Å²) in [4.78, 5) is 38.6. The number of nitrogens with one attached hydrogen (secondary N) is 1. The highest BCUT2D eigenvalue weighted by Crippen LogP contribution is 2.24. The minimum Gasteiger partial charge on any atom is -0.337 e. The summed E-state index contributed by atoms with van der Waals surface area (Å²) in [6.45, 7) is 1.46. The molecule has 2 atom stereocenters. The van der Waals surface area contributed by atoms with Crippen LogP contribution in [0.25, 0.3) is 0 Å². The Kier molecular flexibility index (Phi) is 5.53. The van der Waals surface area contributed by atoms with E-state index in [1.54, 1.807) is 12.1 Å². The van der Waals surface area contributed by atoms with Gasteiger partial charge in [0.15, 0.2) is 0 Å². The van der Waals surface area contributed by atoms with Gasteiger partial charge in [0, 0.05) is 26.2 Å². The van der Waals surface area contributed by atoms with E-state index < -0.39 is 12.0 Å². The van der Waals surface area contributed by atoms with Crippen LogP contribution >= 0.6 is 0 Å². The molecule has 1 N–H and O–H groups in total. The number of para-hydroxylation sites is 1. The number of likely N-dealkylation sites (N-methyl/N-ethyl adjacent to an activating group) is 1. The minimum atomic E-state index is -0.649. The molecule has 7 nitrogen and oxygen atoms in total. The number of hydrogen-bond acceptors (Lipinski definition) is 4. The zero-order valence-electron chi connectivity index (χ0n) is 13.7. The van der Waals surface area contributed by atoms with Crippen LogP contribution in [0.3, 0.4) is 0 Å². The lowest BCUT2D eigenvalue weighted by molar-refractivity contribution is -0.138. The Hall–Kier alpha value is -2.88. The van der Waals surface area contributed by atoms with Crippen LogP contribution in [0, 0.1) is 17.2 Å². The zero-order valence-corrected chi connectivity index (χ0v) is 13.7. The molecule has 0 saturated carbocycles. The molecule has 1 aromatic carbocycles. The van der Waals surface area contributed by atoms with E-state index in [1.807, 2.05) is 18.2 Å². The standard InChI is InChI=1S/C17H20N4O3/c1-12(22)20(2)11-16(23)21-10-13(8-15(21)9-18)17(24)19-14-6-4-3-5-7-14/h3-7,13,15H,8,10-11H2,1-2H3,(H,19,24). The van der Waals surface area contributed by atoms with E-state index in [4.69, 9.17) is 0 Å². The second kappa shape index (κ2) is 7.59. The number of benzene rings is 1. The van der Waals surface area contributed by atoms with E-state index in [9.17, 15) is 19.6 Å². The van der Waals surface area contributed by atoms with Crippen molar-refractivity contribution in [2.75, 3.05) is 25.5 Å². The smallest absolute Gasteiger partial charge is 0.243 e. The molecule has 7 heteroatoms. The molecule has 24 heavy (non-hydrogen) atoms. The van der Waals surface area contributed by atoms with Gasteiger partial charge in [-0.05, 0) is 18.6 Å². The molecule has 0 spiro atoms. The van der Waals surface area contributed by atoms with Crippen molar-refractivity contribution in [2.45, 2.75) is 19.4 Å². The zero-order chi connectivity index (χ0) is 17.7. The first kappa shape index (κ1) is 17.5. The van der Waals surface area contributed by atoms with Gasteiger partial charge in [-0.3, -0.25) is 14.4 Å². The maximum absolute atomic E-state index is 12.4. The average molecular weight is 328 g/mol. The number of nitriles is 1. The lowest BCUT2D eigenvalue weighted by atomic mass is 10.1. The van der Waals surface area contributed by atoms with Crippen molar-refractivity contribution in [3.05, 3.63) is 30.3 Å². The maximum atomic E-state index is 12.4. The van der Waals surface area contributed by atoms with Crippen molar-refractivity contribution in [3.63, 3.8) is 0 Å². The summed E-state index contributed by atoms with van der Waals surface area (Å²) < 4.78 is 0. The molecule has 0 bridgehead atoms. The summed E-state index contributed by atoms with van der Waals surface area (Å²) in [5.74, 6) is -1.21. The summed E-state index contributed by atoms with van der Waals surface area (Å²) in [6, 6.07) is 10.5. The number of hydrogen-bond donors (Lipinski definition) is 1.